The van der Waals surface area contributed by atoms with Crippen LogP contribution in [0.25, 0.3) is 16.6 Å². The Bertz CT molecular complexity index is 1550. The van der Waals surface area contributed by atoms with Gasteiger partial charge in [-0.2, -0.15) is 0 Å². The van der Waals surface area contributed by atoms with E-state index in [9.17, 15) is 18.0 Å². The minimum Gasteiger partial charge on any atom is -0.307 e. The van der Waals surface area contributed by atoms with Crippen LogP contribution in [0.3, 0.4) is 0 Å². The Morgan fingerprint density at radius 2 is 1.91 bits per heavy atom. The first-order valence-corrected chi connectivity index (χ1v) is 13.4. The Labute approximate surface area is 206 Å². The number of carbonyl (C=O) groups is 1. The third-order valence-electron chi connectivity index (χ3n) is 4.47. The number of urea groups is 1. The summed E-state index contributed by atoms with van der Waals surface area (Å²) < 4.78 is 27.9. The molecule has 0 aliphatic carbocycles. The molecular weight excluding hydrogens is 527 g/mol. The number of nitrogens with zero attached hydrogens (tertiary/aromatic N) is 2. The molecule has 0 bridgehead atoms. The molecule has 2 amide bonds. The summed E-state index contributed by atoms with van der Waals surface area (Å²) in [6.45, 7) is 0. The van der Waals surface area contributed by atoms with Crippen LogP contribution in [0.2, 0.25) is 9.36 Å². The maximum atomic E-state index is 13.0. The number of sulfonamides is 1. The molecule has 8 nitrogen and oxygen atoms in total. The molecule has 0 radical (unpaired) electrons. The van der Waals surface area contributed by atoms with Crippen LogP contribution in [0.4, 0.5) is 10.5 Å². The molecule has 0 aliphatic heterocycles. The van der Waals surface area contributed by atoms with Crippen molar-refractivity contribution in [3.63, 3.8) is 0 Å². The van der Waals surface area contributed by atoms with Crippen LogP contribution in [0.15, 0.2) is 68.8 Å². The van der Waals surface area contributed by atoms with Gasteiger partial charge in [0.25, 0.3) is 15.6 Å². The first-order valence-electron chi connectivity index (χ1n) is 9.12. The fourth-order valence-electron chi connectivity index (χ4n) is 2.95. The number of nitrogens with one attached hydrogen (secondary N) is 2. The number of rotatable bonds is 5. The van der Waals surface area contributed by atoms with E-state index in [0.29, 0.717) is 16.6 Å². The number of aromatic nitrogens is 2. The zero-order valence-corrected chi connectivity index (χ0v) is 20.7. The van der Waals surface area contributed by atoms with E-state index in [2.05, 4.69) is 10.3 Å². The van der Waals surface area contributed by atoms with Crippen molar-refractivity contribution in [3.8, 4) is 5.69 Å². The topological polar surface area (TPSA) is 110 Å². The Kier molecular flexibility index (Phi) is 6.68. The van der Waals surface area contributed by atoms with Gasteiger partial charge in [-0.15, -0.1) is 23.1 Å². The molecule has 0 atom stereocenters. The number of hydrogen-bond acceptors (Lipinski definition) is 7. The van der Waals surface area contributed by atoms with Gasteiger partial charge < -0.3 is 5.32 Å². The molecular formula is C20H14Cl2N4O4S3. The number of benzene rings is 2. The number of anilines is 1. The number of thioether (sulfide) groups is 1. The van der Waals surface area contributed by atoms with E-state index in [1.165, 1.54) is 53.0 Å². The van der Waals surface area contributed by atoms with Crippen molar-refractivity contribution in [1.82, 2.24) is 14.3 Å². The number of carbonyl (C=O) groups excluding carboxylic acids is 1. The summed E-state index contributed by atoms with van der Waals surface area (Å²) in [5.41, 5.74) is 0.856. The Balaban J connectivity index is 1.58. The maximum absolute atomic E-state index is 13.0. The number of amides is 2. The minimum absolute atomic E-state index is 0.0937. The highest BCUT2D eigenvalue weighted by Crippen LogP contribution is 2.26. The van der Waals surface area contributed by atoms with Crippen LogP contribution in [0.5, 0.6) is 0 Å². The predicted molar refractivity (Wildman–Crippen MR) is 133 cm³/mol. The monoisotopic (exact) mass is 540 g/mol. The lowest BCUT2D eigenvalue weighted by atomic mass is 10.2. The van der Waals surface area contributed by atoms with Gasteiger partial charge in [0.05, 0.1) is 25.9 Å². The van der Waals surface area contributed by atoms with Crippen LogP contribution >= 0.6 is 46.3 Å². The minimum atomic E-state index is -4.07. The van der Waals surface area contributed by atoms with Crippen molar-refractivity contribution in [2.24, 2.45) is 0 Å². The van der Waals surface area contributed by atoms with E-state index < -0.39 is 16.1 Å². The first-order chi connectivity index (χ1) is 15.7. The number of halogens is 2. The molecule has 33 heavy (non-hydrogen) atoms. The van der Waals surface area contributed by atoms with Gasteiger partial charge in [0.15, 0.2) is 0 Å². The summed E-state index contributed by atoms with van der Waals surface area (Å²) in [6, 6.07) is 11.6. The van der Waals surface area contributed by atoms with Gasteiger partial charge in [-0.05, 0) is 54.8 Å². The van der Waals surface area contributed by atoms with E-state index in [1.807, 2.05) is 17.0 Å². The average Bonchev–Trinajstić information content (AvgIpc) is 3.21. The standard InChI is InChI=1S/C20H14Cl2N4O4S3/c1-31-12-3-4-15-13(9-12)19(27)26(10-23-15)16-5-2-11(8-14(16)21)24-20(28)25-33(29,30)18-7-6-17(22)32-18/h2-10H,1H3,(H2,24,25,28). The van der Waals surface area contributed by atoms with E-state index in [1.54, 1.807) is 12.1 Å². The highest BCUT2D eigenvalue weighted by Gasteiger charge is 2.20. The molecule has 0 unspecified atom stereocenters. The second kappa shape index (κ2) is 9.35. The average molecular weight is 541 g/mol. The lowest BCUT2D eigenvalue weighted by molar-refractivity contribution is 0.256. The third-order valence-corrected chi connectivity index (χ3v) is 8.55. The van der Waals surface area contributed by atoms with Crippen molar-refractivity contribution in [3.05, 3.63) is 74.6 Å². The predicted octanol–water partition coefficient (Wildman–Crippen LogP) is 4.99. The van der Waals surface area contributed by atoms with Crippen LogP contribution in [-0.2, 0) is 10.0 Å². The molecule has 0 saturated heterocycles. The normalized spacial score (nSPS) is 11.5. The van der Waals surface area contributed by atoms with Crippen LogP contribution in [0, 0.1) is 0 Å². The van der Waals surface area contributed by atoms with Gasteiger partial charge in [-0.25, -0.2) is 22.9 Å². The molecule has 0 spiro atoms. The van der Waals surface area contributed by atoms with Crippen LogP contribution < -0.4 is 15.6 Å². The van der Waals surface area contributed by atoms with Gasteiger partial charge in [0.1, 0.15) is 10.5 Å². The molecule has 2 aromatic carbocycles. The Morgan fingerprint density at radius 3 is 2.58 bits per heavy atom. The SMILES string of the molecule is CSc1ccc2ncn(-c3ccc(NC(=O)NS(=O)(=O)c4ccc(Cl)s4)cc3Cl)c(=O)c2c1. The zero-order chi connectivity index (χ0) is 23.8. The smallest absolute Gasteiger partial charge is 0.307 e. The summed E-state index contributed by atoms with van der Waals surface area (Å²) in [5.74, 6) is 0. The molecule has 0 saturated carbocycles. The maximum Gasteiger partial charge on any atom is 0.333 e. The van der Waals surface area contributed by atoms with Crippen molar-refractivity contribution in [2.45, 2.75) is 9.10 Å². The number of hydrogen-bond donors (Lipinski definition) is 2. The third kappa shape index (κ3) is 5.02. The van der Waals surface area contributed by atoms with E-state index >= 15 is 0 Å². The van der Waals surface area contributed by atoms with Crippen LogP contribution in [0.1, 0.15) is 0 Å². The van der Waals surface area contributed by atoms with Gasteiger partial charge in [0.2, 0.25) is 0 Å². The molecule has 2 aromatic heterocycles. The lowest BCUT2D eigenvalue weighted by Gasteiger charge is -2.12. The fourth-order valence-corrected chi connectivity index (χ4v) is 6.05. The molecule has 170 valence electrons. The summed E-state index contributed by atoms with van der Waals surface area (Å²) in [4.78, 5) is 30.4. The second-order valence-electron chi connectivity index (χ2n) is 6.59. The zero-order valence-electron chi connectivity index (χ0n) is 16.7. The molecule has 4 aromatic rings. The quantitative estimate of drug-likeness (QED) is 0.345. The summed E-state index contributed by atoms with van der Waals surface area (Å²) in [7, 11) is -4.07. The molecule has 13 heteroatoms. The van der Waals surface area contributed by atoms with Gasteiger partial charge in [-0.3, -0.25) is 9.36 Å². The van der Waals surface area contributed by atoms with Crippen molar-refractivity contribution in [1.29, 1.82) is 0 Å². The largest absolute Gasteiger partial charge is 0.333 e. The van der Waals surface area contributed by atoms with Crippen molar-refractivity contribution < 1.29 is 13.2 Å². The molecule has 4 rings (SSSR count). The van der Waals surface area contributed by atoms with E-state index in [4.69, 9.17) is 23.2 Å². The molecule has 2 heterocycles. The van der Waals surface area contributed by atoms with Gasteiger partial charge in [-0.1, -0.05) is 23.2 Å². The summed E-state index contributed by atoms with van der Waals surface area (Å²) in [5, 5.41) is 3.01. The van der Waals surface area contributed by atoms with E-state index in [-0.39, 0.29) is 24.8 Å². The molecule has 0 fully saturated rings. The van der Waals surface area contributed by atoms with Crippen molar-refractivity contribution in [2.75, 3.05) is 11.6 Å². The number of fused-ring (bicyclic) bond motifs is 1. The fraction of sp³-hybridized carbons (Fsp3) is 0.0500. The van der Waals surface area contributed by atoms with Gasteiger partial charge >= 0.3 is 6.03 Å². The highest BCUT2D eigenvalue weighted by molar-refractivity contribution is 7.98. The molecule has 2 N–H and O–H groups in total. The van der Waals surface area contributed by atoms with Gasteiger partial charge in [0, 0.05) is 10.6 Å². The van der Waals surface area contributed by atoms with Crippen molar-refractivity contribution >= 4 is 78.9 Å². The lowest BCUT2D eigenvalue weighted by Crippen LogP contribution is -2.33. The van der Waals surface area contributed by atoms with Crippen LogP contribution in [-0.4, -0.2) is 30.3 Å². The van der Waals surface area contributed by atoms with E-state index in [0.717, 1.165) is 16.2 Å². The molecule has 0 aliphatic rings. The Morgan fingerprint density at radius 1 is 1.12 bits per heavy atom. The number of thiophene rings is 1. The highest BCUT2D eigenvalue weighted by atomic mass is 35.5. The second-order valence-corrected chi connectivity index (χ2v) is 11.5. The summed E-state index contributed by atoms with van der Waals surface area (Å²) >= 11 is 14.5. The Hall–Kier alpha value is -2.57. The summed E-state index contributed by atoms with van der Waals surface area (Å²) in [6.07, 6.45) is 3.29. The first kappa shape index (κ1) is 23.6.